The van der Waals surface area contributed by atoms with Crippen LogP contribution < -0.4 is 10.6 Å². The predicted octanol–water partition coefficient (Wildman–Crippen LogP) is 6.97. The first-order valence-electron chi connectivity index (χ1n) is 12.5. The van der Waals surface area contributed by atoms with Crippen molar-refractivity contribution in [1.29, 1.82) is 0 Å². The Morgan fingerprint density at radius 1 is 1.29 bits per heavy atom. The monoisotopic (exact) mass is 511 g/mol. The summed E-state index contributed by atoms with van der Waals surface area (Å²) in [5, 5.41) is 16.9. The van der Waals surface area contributed by atoms with E-state index in [1.54, 1.807) is 0 Å². The van der Waals surface area contributed by atoms with E-state index in [1.807, 2.05) is 6.07 Å². The van der Waals surface area contributed by atoms with E-state index in [0.717, 1.165) is 57.3 Å². The summed E-state index contributed by atoms with van der Waals surface area (Å²) in [6.45, 7) is 18.0. The minimum Gasteiger partial charge on any atom is -0.363 e. The first-order valence-corrected chi connectivity index (χ1v) is 13.2. The highest BCUT2D eigenvalue weighted by Crippen LogP contribution is 2.54. The molecule has 7 heteroatoms. The number of halogens is 2. The summed E-state index contributed by atoms with van der Waals surface area (Å²) < 4.78 is 0. The van der Waals surface area contributed by atoms with Crippen molar-refractivity contribution in [2.75, 3.05) is 25.0 Å². The molecule has 1 aliphatic carbocycles. The van der Waals surface area contributed by atoms with Gasteiger partial charge in [0.2, 0.25) is 0 Å². The van der Waals surface area contributed by atoms with Crippen LogP contribution >= 0.6 is 23.2 Å². The molecule has 1 aromatic carbocycles. The van der Waals surface area contributed by atoms with Gasteiger partial charge in [0.1, 0.15) is 5.16 Å². The molecule has 1 unspecified atom stereocenters. The van der Waals surface area contributed by atoms with Gasteiger partial charge in [-0.05, 0) is 65.4 Å². The molecule has 0 bridgehead atoms. The number of fused-ring (bicyclic) bond motifs is 1. The van der Waals surface area contributed by atoms with Gasteiger partial charge in [-0.2, -0.15) is 5.10 Å². The maximum Gasteiger partial charge on any atom is 0.156 e. The predicted molar refractivity (Wildman–Crippen MR) is 149 cm³/mol. The van der Waals surface area contributed by atoms with Gasteiger partial charge in [-0.25, -0.2) is 4.99 Å². The van der Waals surface area contributed by atoms with Gasteiger partial charge in [-0.1, -0.05) is 63.6 Å². The Morgan fingerprint density at radius 2 is 2.03 bits per heavy atom. The fraction of sp³-hybridized carbons (Fsp3) is 0.500. The summed E-state index contributed by atoms with van der Waals surface area (Å²) in [7, 11) is 0. The number of hydrogen-bond donors (Lipinski definition) is 3. The molecule has 2 fully saturated rings. The average molecular weight is 513 g/mol. The van der Waals surface area contributed by atoms with Gasteiger partial charge in [-0.3, -0.25) is 5.10 Å². The molecular formula is C28H35Cl2N5. The summed E-state index contributed by atoms with van der Waals surface area (Å²) in [4.78, 5) is 4.72. The Kier molecular flexibility index (Phi) is 6.18. The SMILES string of the molecule is C=C(C1=C(Cl)N=C(CNc2n[nH]c3cc(Cl)c(C(C)(C)C)cc23)C1C)/C(C)=C\[C@@H]1CNCC12CC2. The number of aliphatic imine (C=N–C) groups is 1. The average Bonchev–Trinajstić information content (AvgIpc) is 3.17. The first-order chi connectivity index (χ1) is 16.5. The summed E-state index contributed by atoms with van der Waals surface area (Å²) >= 11 is 13.2. The van der Waals surface area contributed by atoms with Crippen molar-refractivity contribution in [2.45, 2.75) is 52.9 Å². The number of nitrogens with zero attached hydrogens (tertiary/aromatic N) is 2. The maximum atomic E-state index is 6.66. The highest BCUT2D eigenvalue weighted by atomic mass is 35.5. The fourth-order valence-electron chi connectivity index (χ4n) is 5.51. The molecule has 1 saturated carbocycles. The van der Waals surface area contributed by atoms with Crippen LogP contribution in [0.3, 0.4) is 0 Å². The van der Waals surface area contributed by atoms with E-state index in [4.69, 9.17) is 28.2 Å². The lowest BCUT2D eigenvalue weighted by Crippen LogP contribution is -2.21. The molecule has 3 N–H and O–H groups in total. The van der Waals surface area contributed by atoms with Crippen LogP contribution in [-0.4, -0.2) is 35.5 Å². The van der Waals surface area contributed by atoms with Crippen molar-refractivity contribution >= 4 is 45.6 Å². The van der Waals surface area contributed by atoms with E-state index < -0.39 is 0 Å². The van der Waals surface area contributed by atoms with Crippen LogP contribution in [0.25, 0.3) is 10.9 Å². The molecule has 1 aromatic heterocycles. The second-order valence-corrected chi connectivity index (χ2v) is 12.3. The highest BCUT2D eigenvalue weighted by molar-refractivity contribution is 6.32. The number of H-pyrrole nitrogens is 1. The van der Waals surface area contributed by atoms with Crippen molar-refractivity contribution in [3.05, 3.63) is 57.2 Å². The minimum absolute atomic E-state index is 0.0599. The Hall–Kier alpha value is -2.08. The Bertz CT molecular complexity index is 1290. The quantitative estimate of drug-likeness (QED) is 0.289. The summed E-state index contributed by atoms with van der Waals surface area (Å²) in [5.41, 5.74) is 6.65. The summed E-state index contributed by atoms with van der Waals surface area (Å²) in [6, 6.07) is 4.08. The van der Waals surface area contributed by atoms with E-state index in [2.05, 4.69) is 74.2 Å². The van der Waals surface area contributed by atoms with E-state index in [9.17, 15) is 0 Å². The molecule has 2 aromatic rings. The smallest absolute Gasteiger partial charge is 0.156 e. The maximum absolute atomic E-state index is 6.66. The molecule has 0 amide bonds. The zero-order valence-electron chi connectivity index (χ0n) is 21.3. The van der Waals surface area contributed by atoms with Crippen LogP contribution in [-0.2, 0) is 5.41 Å². The number of benzene rings is 1. The van der Waals surface area contributed by atoms with E-state index >= 15 is 0 Å². The van der Waals surface area contributed by atoms with E-state index in [1.165, 1.54) is 18.4 Å². The van der Waals surface area contributed by atoms with Gasteiger partial charge >= 0.3 is 0 Å². The number of nitrogens with one attached hydrogen (secondary N) is 3. The van der Waals surface area contributed by atoms with Crippen LogP contribution in [0.2, 0.25) is 5.02 Å². The number of rotatable bonds is 6. The van der Waals surface area contributed by atoms with Gasteiger partial charge in [-0.15, -0.1) is 0 Å². The third-order valence-corrected chi connectivity index (χ3v) is 8.67. The molecule has 1 saturated heterocycles. The zero-order valence-corrected chi connectivity index (χ0v) is 22.8. The first kappa shape index (κ1) is 24.6. The number of hydrogen-bond acceptors (Lipinski definition) is 4. The largest absolute Gasteiger partial charge is 0.363 e. The third kappa shape index (κ3) is 4.47. The molecule has 5 nitrogen and oxygen atoms in total. The van der Waals surface area contributed by atoms with Crippen molar-refractivity contribution in [3.8, 4) is 0 Å². The van der Waals surface area contributed by atoms with Crippen LogP contribution in [0.5, 0.6) is 0 Å². The number of aromatic nitrogens is 2. The second kappa shape index (κ2) is 8.79. The molecule has 3 heterocycles. The third-order valence-electron chi connectivity index (χ3n) is 8.06. The molecule has 5 rings (SSSR count). The van der Waals surface area contributed by atoms with Crippen molar-refractivity contribution in [2.24, 2.45) is 22.2 Å². The molecule has 2 aliphatic heterocycles. The lowest BCUT2D eigenvalue weighted by Gasteiger charge is -2.21. The van der Waals surface area contributed by atoms with Crippen molar-refractivity contribution in [1.82, 2.24) is 15.5 Å². The molecule has 2 atom stereocenters. The summed E-state index contributed by atoms with van der Waals surface area (Å²) in [5.74, 6) is 1.46. The van der Waals surface area contributed by atoms with Crippen molar-refractivity contribution < 1.29 is 0 Å². The molecule has 1 spiro atoms. The van der Waals surface area contributed by atoms with Gasteiger partial charge in [0.25, 0.3) is 0 Å². The molecule has 0 radical (unpaired) electrons. The van der Waals surface area contributed by atoms with Gasteiger partial charge in [0.05, 0.1) is 12.1 Å². The van der Waals surface area contributed by atoms with E-state index in [-0.39, 0.29) is 11.3 Å². The Morgan fingerprint density at radius 3 is 2.71 bits per heavy atom. The number of aromatic amines is 1. The van der Waals surface area contributed by atoms with Crippen LogP contribution in [0, 0.1) is 17.3 Å². The van der Waals surface area contributed by atoms with E-state index in [0.29, 0.717) is 23.0 Å². The standard InChI is InChI=1S/C28H35Cl2N5/c1-15(9-18-12-31-14-28(18)7-8-28)16(2)24-17(3)23(33-25(24)30)13-32-26-19-10-20(27(4,5)6)21(29)11-22(19)34-35-26/h9-11,17-18,31H,2,7-8,12-14H2,1,3-6H3,(H2,32,34,35)/b15-9-/t17?,18-/m1/s1. The number of allylic oxidation sites excluding steroid dienone is 3. The lowest BCUT2D eigenvalue weighted by atomic mass is 9.85. The Balaban J connectivity index is 1.29. The lowest BCUT2D eigenvalue weighted by molar-refractivity contribution is 0.473. The second-order valence-electron chi connectivity index (χ2n) is 11.5. The minimum atomic E-state index is -0.0599. The molecular weight excluding hydrogens is 477 g/mol. The number of anilines is 1. The molecule has 186 valence electrons. The fourth-order valence-corrected chi connectivity index (χ4v) is 6.34. The summed E-state index contributed by atoms with van der Waals surface area (Å²) in [6.07, 6.45) is 5.05. The molecule has 35 heavy (non-hydrogen) atoms. The van der Waals surface area contributed by atoms with Gasteiger partial charge in [0, 0.05) is 40.7 Å². The van der Waals surface area contributed by atoms with Gasteiger partial charge in [0.15, 0.2) is 5.82 Å². The van der Waals surface area contributed by atoms with Crippen molar-refractivity contribution in [3.63, 3.8) is 0 Å². The highest BCUT2D eigenvalue weighted by Gasteiger charge is 2.51. The molecule has 3 aliphatic rings. The van der Waals surface area contributed by atoms with Crippen LogP contribution in [0.4, 0.5) is 5.82 Å². The van der Waals surface area contributed by atoms with Crippen LogP contribution in [0.15, 0.2) is 51.7 Å². The normalized spacial score (nSPS) is 24.0. The topological polar surface area (TPSA) is 65.1 Å². The van der Waals surface area contributed by atoms with Gasteiger partial charge < -0.3 is 10.6 Å². The zero-order chi connectivity index (χ0) is 25.1. The Labute approximate surface area is 218 Å². The van der Waals surface area contributed by atoms with Crippen LogP contribution in [0.1, 0.15) is 53.0 Å².